The largest absolute Gasteiger partial charge is 0.508 e. The first-order valence-corrected chi connectivity index (χ1v) is 10.8. The van der Waals surface area contributed by atoms with Gasteiger partial charge in [-0.15, -0.1) is 0 Å². The summed E-state index contributed by atoms with van der Waals surface area (Å²) in [6.45, 7) is 0. The van der Waals surface area contributed by atoms with Gasteiger partial charge < -0.3 is 35.4 Å². The molecule has 0 bridgehead atoms. The second-order valence-electron chi connectivity index (χ2n) is 8.46. The van der Waals surface area contributed by atoms with Gasteiger partial charge in [0.05, 0.1) is 5.92 Å². The summed E-state index contributed by atoms with van der Waals surface area (Å²) in [5, 5.41) is 60.0. The summed E-state index contributed by atoms with van der Waals surface area (Å²) in [4.78, 5) is 0. The Bertz CT molecular complexity index is 1400. The molecule has 4 aromatic rings. The van der Waals surface area contributed by atoms with Crippen molar-refractivity contribution in [1.82, 2.24) is 0 Å². The molecular formula is C28H22O7. The normalized spacial score (nSPS) is 16.8. The molecular weight excluding hydrogens is 448 g/mol. The molecule has 0 saturated carbocycles. The molecule has 2 atom stereocenters. The van der Waals surface area contributed by atoms with Crippen molar-refractivity contribution in [3.63, 3.8) is 0 Å². The maximum atomic E-state index is 10.7. The van der Waals surface area contributed by atoms with Crippen LogP contribution in [0.15, 0.2) is 72.8 Å². The molecule has 0 amide bonds. The van der Waals surface area contributed by atoms with Gasteiger partial charge in [0, 0.05) is 29.3 Å². The molecule has 0 spiro atoms. The van der Waals surface area contributed by atoms with Crippen molar-refractivity contribution >= 4 is 12.2 Å². The smallest absolute Gasteiger partial charge is 0.135 e. The molecule has 0 unspecified atom stereocenters. The Labute approximate surface area is 200 Å². The van der Waals surface area contributed by atoms with E-state index in [9.17, 15) is 30.6 Å². The van der Waals surface area contributed by atoms with Gasteiger partial charge in [0.2, 0.25) is 0 Å². The molecule has 0 saturated heterocycles. The standard InChI is InChI=1S/C28H22O7/c29-19-5-3-16(4-6-19)28-27(18-9-22(32)13-23(33)10-18)24-11-17(25(34)14-26(24)35-28)2-1-15-7-20(30)12-21(31)8-15/h1-14,27-34H/b2-1+/t27-,28+/m0/s1. The van der Waals surface area contributed by atoms with E-state index in [0.29, 0.717) is 22.4 Å². The quantitative estimate of drug-likeness (QED) is 0.222. The molecule has 35 heavy (non-hydrogen) atoms. The Hall–Kier alpha value is -4.78. The number of hydrogen-bond acceptors (Lipinski definition) is 7. The summed E-state index contributed by atoms with van der Waals surface area (Å²) >= 11 is 0. The monoisotopic (exact) mass is 470 g/mol. The van der Waals surface area contributed by atoms with Gasteiger partial charge >= 0.3 is 0 Å². The van der Waals surface area contributed by atoms with E-state index >= 15 is 0 Å². The van der Waals surface area contributed by atoms with Crippen LogP contribution in [0.2, 0.25) is 0 Å². The number of fused-ring (bicyclic) bond motifs is 1. The van der Waals surface area contributed by atoms with Gasteiger partial charge in [0.15, 0.2) is 0 Å². The van der Waals surface area contributed by atoms with Crippen molar-refractivity contribution in [2.45, 2.75) is 12.0 Å². The van der Waals surface area contributed by atoms with Gasteiger partial charge in [-0.1, -0.05) is 24.3 Å². The van der Waals surface area contributed by atoms with Crippen molar-refractivity contribution in [2.75, 3.05) is 0 Å². The predicted molar refractivity (Wildman–Crippen MR) is 130 cm³/mol. The summed E-state index contributed by atoms with van der Waals surface area (Å²) in [5.74, 6) is -0.285. The van der Waals surface area contributed by atoms with Crippen molar-refractivity contribution in [2.24, 2.45) is 0 Å². The minimum absolute atomic E-state index is 0.0340. The van der Waals surface area contributed by atoms with Gasteiger partial charge in [-0.2, -0.15) is 0 Å². The zero-order chi connectivity index (χ0) is 24.7. The molecule has 4 aromatic carbocycles. The SMILES string of the molecule is Oc1ccc([C@H]2Oc3cc(O)c(/C=C/c4cc(O)cc(O)c4)cc3[C@@H]2c2cc(O)cc(O)c2)cc1. The highest BCUT2D eigenvalue weighted by atomic mass is 16.5. The molecule has 1 aliphatic heterocycles. The van der Waals surface area contributed by atoms with E-state index in [1.165, 1.54) is 30.3 Å². The highest BCUT2D eigenvalue weighted by molar-refractivity contribution is 5.75. The van der Waals surface area contributed by atoms with Crippen LogP contribution in [0.5, 0.6) is 40.2 Å². The minimum atomic E-state index is -0.548. The Morgan fingerprint density at radius 1 is 0.571 bits per heavy atom. The van der Waals surface area contributed by atoms with Crippen LogP contribution in [0.3, 0.4) is 0 Å². The van der Waals surface area contributed by atoms with E-state index in [1.807, 2.05) is 0 Å². The molecule has 1 aliphatic rings. The van der Waals surface area contributed by atoms with Crippen LogP contribution in [0.1, 0.15) is 39.8 Å². The molecule has 6 N–H and O–H groups in total. The topological polar surface area (TPSA) is 131 Å². The minimum Gasteiger partial charge on any atom is -0.508 e. The molecule has 7 nitrogen and oxygen atoms in total. The second kappa shape index (κ2) is 8.53. The van der Waals surface area contributed by atoms with Crippen molar-refractivity contribution in [3.05, 3.63) is 101 Å². The predicted octanol–water partition coefficient (Wildman–Crippen LogP) is 5.36. The third kappa shape index (κ3) is 4.39. The lowest BCUT2D eigenvalue weighted by Gasteiger charge is -2.20. The Morgan fingerprint density at radius 2 is 1.17 bits per heavy atom. The number of phenolic OH excluding ortho intramolecular Hbond substituents is 6. The van der Waals surface area contributed by atoms with Crippen molar-refractivity contribution in [3.8, 4) is 40.2 Å². The Balaban J connectivity index is 1.61. The lowest BCUT2D eigenvalue weighted by Crippen LogP contribution is -2.11. The first kappa shape index (κ1) is 22.0. The van der Waals surface area contributed by atoms with E-state index in [2.05, 4.69) is 0 Å². The Kier molecular flexibility index (Phi) is 5.37. The zero-order valence-electron chi connectivity index (χ0n) is 18.3. The molecule has 0 radical (unpaired) electrons. The fraction of sp³-hybridized carbons (Fsp3) is 0.0714. The number of benzene rings is 4. The number of aromatic hydroxyl groups is 6. The number of phenols is 6. The summed E-state index contributed by atoms with van der Waals surface area (Å²) in [6.07, 6.45) is 2.74. The van der Waals surface area contributed by atoms with Gasteiger partial charge in [-0.3, -0.25) is 0 Å². The fourth-order valence-electron chi connectivity index (χ4n) is 4.43. The summed E-state index contributed by atoms with van der Waals surface area (Å²) in [7, 11) is 0. The first-order chi connectivity index (χ1) is 16.8. The molecule has 0 fully saturated rings. The highest BCUT2D eigenvalue weighted by Gasteiger charge is 2.38. The summed E-state index contributed by atoms with van der Waals surface area (Å²) < 4.78 is 6.21. The lowest BCUT2D eigenvalue weighted by atomic mass is 9.84. The van der Waals surface area contributed by atoms with Gasteiger partial charge in [0.1, 0.15) is 46.4 Å². The third-order valence-electron chi connectivity index (χ3n) is 5.94. The zero-order valence-corrected chi connectivity index (χ0v) is 18.3. The summed E-state index contributed by atoms with van der Waals surface area (Å²) in [6, 6.07) is 18.3. The fourth-order valence-corrected chi connectivity index (χ4v) is 4.43. The average molecular weight is 470 g/mol. The maximum absolute atomic E-state index is 10.7. The van der Waals surface area contributed by atoms with Crippen LogP contribution in [0, 0.1) is 0 Å². The molecule has 0 aliphatic carbocycles. The van der Waals surface area contributed by atoms with Crippen LogP contribution in [0.4, 0.5) is 0 Å². The molecule has 7 heteroatoms. The van der Waals surface area contributed by atoms with E-state index < -0.39 is 12.0 Å². The van der Waals surface area contributed by atoms with Gasteiger partial charge in [0.25, 0.3) is 0 Å². The molecule has 5 rings (SSSR count). The van der Waals surface area contributed by atoms with E-state index in [1.54, 1.807) is 54.6 Å². The highest BCUT2D eigenvalue weighted by Crippen LogP contribution is 2.52. The van der Waals surface area contributed by atoms with E-state index in [0.717, 1.165) is 11.1 Å². The lowest BCUT2D eigenvalue weighted by molar-refractivity contribution is 0.221. The third-order valence-corrected chi connectivity index (χ3v) is 5.94. The molecule has 0 aromatic heterocycles. The van der Waals surface area contributed by atoms with Crippen molar-refractivity contribution < 1.29 is 35.4 Å². The van der Waals surface area contributed by atoms with E-state index in [-0.39, 0.29) is 34.5 Å². The van der Waals surface area contributed by atoms with Crippen LogP contribution in [-0.4, -0.2) is 30.6 Å². The van der Waals surface area contributed by atoms with Gasteiger partial charge in [-0.05, 0) is 59.2 Å². The first-order valence-electron chi connectivity index (χ1n) is 10.8. The average Bonchev–Trinajstić information content (AvgIpc) is 3.14. The molecule has 1 heterocycles. The van der Waals surface area contributed by atoms with Crippen LogP contribution in [0.25, 0.3) is 12.2 Å². The van der Waals surface area contributed by atoms with Crippen LogP contribution >= 0.6 is 0 Å². The van der Waals surface area contributed by atoms with Crippen molar-refractivity contribution in [1.29, 1.82) is 0 Å². The van der Waals surface area contributed by atoms with E-state index in [4.69, 9.17) is 4.74 Å². The van der Waals surface area contributed by atoms with Crippen LogP contribution in [-0.2, 0) is 0 Å². The second-order valence-corrected chi connectivity index (χ2v) is 8.46. The number of ether oxygens (including phenoxy) is 1. The van der Waals surface area contributed by atoms with Crippen LogP contribution < -0.4 is 4.74 Å². The Morgan fingerprint density at radius 3 is 1.80 bits per heavy atom. The summed E-state index contributed by atoms with van der Waals surface area (Å²) in [5.41, 5.74) is 3.10. The molecule has 176 valence electrons. The van der Waals surface area contributed by atoms with Gasteiger partial charge in [-0.25, -0.2) is 0 Å². The maximum Gasteiger partial charge on any atom is 0.135 e. The number of rotatable bonds is 4. The number of hydrogen-bond donors (Lipinski definition) is 6.